The number of sulfonamides is 1. The third kappa shape index (κ3) is 3.77. The third-order valence-corrected chi connectivity index (χ3v) is 6.23. The fourth-order valence-electron chi connectivity index (χ4n) is 3.38. The molecule has 0 saturated carbocycles. The first-order valence-electron chi connectivity index (χ1n) is 9.07. The second-order valence-corrected chi connectivity index (χ2v) is 8.43. The van der Waals surface area contributed by atoms with E-state index >= 15 is 0 Å². The summed E-state index contributed by atoms with van der Waals surface area (Å²) in [6.07, 6.45) is 0.822. The molecule has 0 aliphatic carbocycles. The van der Waals surface area contributed by atoms with Gasteiger partial charge in [0, 0.05) is 24.3 Å². The van der Waals surface area contributed by atoms with Crippen molar-refractivity contribution in [2.24, 2.45) is 0 Å². The van der Waals surface area contributed by atoms with Crippen LogP contribution in [0.5, 0.6) is 0 Å². The Kier molecular flexibility index (Phi) is 4.88. The Morgan fingerprint density at radius 1 is 0.857 bits per heavy atom. The van der Waals surface area contributed by atoms with Crippen molar-refractivity contribution in [3.63, 3.8) is 0 Å². The second kappa shape index (κ2) is 7.48. The van der Waals surface area contributed by atoms with Crippen LogP contribution in [0.1, 0.15) is 21.5 Å². The predicted octanol–water partition coefficient (Wildman–Crippen LogP) is 3.69. The van der Waals surface area contributed by atoms with E-state index in [4.69, 9.17) is 0 Å². The van der Waals surface area contributed by atoms with Crippen LogP contribution in [0.3, 0.4) is 0 Å². The van der Waals surface area contributed by atoms with E-state index in [1.807, 2.05) is 18.2 Å². The average molecular weight is 392 g/mol. The van der Waals surface area contributed by atoms with Crippen LogP contribution in [0.25, 0.3) is 0 Å². The van der Waals surface area contributed by atoms with Gasteiger partial charge in [0.2, 0.25) is 0 Å². The number of nitrogens with one attached hydrogen (secondary N) is 1. The number of benzene rings is 3. The van der Waals surface area contributed by atoms with Crippen LogP contribution >= 0.6 is 0 Å². The standard InChI is InChI=1S/C22H20N2O3S/c25-22(24-14-13-17-7-4-5-8-19(17)16-24)18-9-6-10-20(15-18)23-28(26,27)21-11-2-1-3-12-21/h1-12,15,23H,13-14,16H2. The van der Waals surface area contributed by atoms with Gasteiger partial charge in [-0.15, -0.1) is 0 Å². The van der Waals surface area contributed by atoms with Gasteiger partial charge in [-0.05, 0) is 47.9 Å². The molecular weight excluding hydrogens is 372 g/mol. The lowest BCUT2D eigenvalue weighted by molar-refractivity contribution is 0.0734. The lowest BCUT2D eigenvalue weighted by atomic mass is 9.99. The molecule has 1 amide bonds. The maximum atomic E-state index is 12.9. The van der Waals surface area contributed by atoms with Gasteiger partial charge in [-0.25, -0.2) is 8.42 Å². The number of nitrogens with zero attached hydrogens (tertiary/aromatic N) is 1. The minimum absolute atomic E-state index is 0.102. The molecule has 0 aromatic heterocycles. The largest absolute Gasteiger partial charge is 0.334 e. The lowest BCUT2D eigenvalue weighted by Crippen LogP contribution is -2.35. The first-order valence-corrected chi connectivity index (χ1v) is 10.6. The van der Waals surface area contributed by atoms with Crippen LogP contribution in [-0.4, -0.2) is 25.8 Å². The molecule has 4 rings (SSSR count). The van der Waals surface area contributed by atoms with Crippen LogP contribution in [0.2, 0.25) is 0 Å². The molecule has 0 saturated heterocycles. The molecule has 142 valence electrons. The number of hydrogen-bond acceptors (Lipinski definition) is 3. The molecule has 0 atom stereocenters. The summed E-state index contributed by atoms with van der Waals surface area (Å²) in [4.78, 5) is 14.9. The summed E-state index contributed by atoms with van der Waals surface area (Å²) in [5.74, 6) is -0.102. The van der Waals surface area contributed by atoms with Gasteiger partial charge in [0.25, 0.3) is 15.9 Å². The highest BCUT2D eigenvalue weighted by molar-refractivity contribution is 7.92. The van der Waals surface area contributed by atoms with Gasteiger partial charge in [0.05, 0.1) is 4.90 Å². The zero-order valence-corrected chi connectivity index (χ0v) is 16.0. The zero-order valence-electron chi connectivity index (χ0n) is 15.2. The van der Waals surface area contributed by atoms with Crippen LogP contribution in [0, 0.1) is 0 Å². The minimum atomic E-state index is -3.70. The summed E-state index contributed by atoms with van der Waals surface area (Å²) >= 11 is 0. The summed E-state index contributed by atoms with van der Waals surface area (Å²) in [7, 11) is -3.70. The van der Waals surface area contributed by atoms with Gasteiger partial charge in [0.15, 0.2) is 0 Å². The third-order valence-electron chi connectivity index (χ3n) is 4.83. The Morgan fingerprint density at radius 2 is 1.57 bits per heavy atom. The van der Waals surface area contributed by atoms with Crippen molar-refractivity contribution < 1.29 is 13.2 Å². The Labute approximate surface area is 164 Å². The Balaban J connectivity index is 1.53. The summed E-state index contributed by atoms with van der Waals surface area (Å²) in [6.45, 7) is 1.21. The molecule has 0 spiro atoms. The van der Waals surface area contributed by atoms with Crippen molar-refractivity contribution in [1.29, 1.82) is 0 Å². The summed E-state index contributed by atoms with van der Waals surface area (Å²) in [5.41, 5.74) is 3.26. The van der Waals surface area contributed by atoms with E-state index in [1.165, 1.54) is 17.7 Å². The quantitative estimate of drug-likeness (QED) is 0.736. The van der Waals surface area contributed by atoms with E-state index in [-0.39, 0.29) is 10.8 Å². The lowest BCUT2D eigenvalue weighted by Gasteiger charge is -2.29. The fourth-order valence-corrected chi connectivity index (χ4v) is 4.45. The van der Waals surface area contributed by atoms with Gasteiger partial charge in [0.1, 0.15) is 0 Å². The fraction of sp³-hybridized carbons (Fsp3) is 0.136. The molecule has 0 fully saturated rings. The van der Waals surface area contributed by atoms with Gasteiger partial charge in [-0.1, -0.05) is 48.5 Å². The Hall–Kier alpha value is -3.12. The molecular formula is C22H20N2O3S. The highest BCUT2D eigenvalue weighted by Gasteiger charge is 2.22. The van der Waals surface area contributed by atoms with Crippen molar-refractivity contribution in [3.05, 3.63) is 95.6 Å². The van der Waals surface area contributed by atoms with E-state index in [9.17, 15) is 13.2 Å². The highest BCUT2D eigenvalue weighted by Crippen LogP contribution is 2.22. The minimum Gasteiger partial charge on any atom is -0.334 e. The van der Waals surface area contributed by atoms with Crippen molar-refractivity contribution in [2.75, 3.05) is 11.3 Å². The number of hydrogen-bond donors (Lipinski definition) is 1. The molecule has 0 unspecified atom stereocenters. The molecule has 6 heteroatoms. The molecule has 0 bridgehead atoms. The Morgan fingerprint density at radius 3 is 2.36 bits per heavy atom. The van der Waals surface area contributed by atoms with E-state index in [0.29, 0.717) is 24.3 Å². The number of carbonyl (C=O) groups excluding carboxylic acids is 1. The molecule has 1 N–H and O–H groups in total. The van der Waals surface area contributed by atoms with Gasteiger partial charge >= 0.3 is 0 Å². The molecule has 3 aromatic carbocycles. The maximum absolute atomic E-state index is 12.9. The molecule has 1 heterocycles. The topological polar surface area (TPSA) is 66.5 Å². The first-order chi connectivity index (χ1) is 13.5. The molecule has 1 aliphatic heterocycles. The SMILES string of the molecule is O=C(c1cccc(NS(=O)(=O)c2ccccc2)c1)N1CCc2ccccc2C1. The molecule has 28 heavy (non-hydrogen) atoms. The van der Waals surface area contributed by atoms with Crippen molar-refractivity contribution in [1.82, 2.24) is 4.90 Å². The van der Waals surface area contributed by atoms with Crippen LogP contribution < -0.4 is 4.72 Å². The highest BCUT2D eigenvalue weighted by atomic mass is 32.2. The normalized spacial score (nSPS) is 13.6. The second-order valence-electron chi connectivity index (χ2n) is 6.74. The number of amides is 1. The van der Waals surface area contributed by atoms with E-state index < -0.39 is 10.0 Å². The number of rotatable bonds is 4. The summed E-state index contributed by atoms with van der Waals surface area (Å²) in [6, 6.07) is 22.9. The van der Waals surface area contributed by atoms with Crippen molar-refractivity contribution >= 4 is 21.6 Å². The van der Waals surface area contributed by atoms with Gasteiger partial charge in [-0.3, -0.25) is 9.52 Å². The smallest absolute Gasteiger partial charge is 0.261 e. The molecule has 0 radical (unpaired) electrons. The number of fused-ring (bicyclic) bond motifs is 1. The monoisotopic (exact) mass is 392 g/mol. The predicted molar refractivity (Wildman–Crippen MR) is 109 cm³/mol. The van der Waals surface area contributed by atoms with E-state index in [0.717, 1.165) is 12.0 Å². The van der Waals surface area contributed by atoms with E-state index in [2.05, 4.69) is 10.8 Å². The first kappa shape index (κ1) is 18.3. The molecule has 3 aromatic rings. The number of anilines is 1. The Bertz CT molecular complexity index is 1110. The van der Waals surface area contributed by atoms with Crippen molar-refractivity contribution in [3.8, 4) is 0 Å². The van der Waals surface area contributed by atoms with E-state index in [1.54, 1.807) is 47.4 Å². The van der Waals surface area contributed by atoms with Crippen LogP contribution in [0.15, 0.2) is 83.8 Å². The number of carbonyl (C=O) groups is 1. The maximum Gasteiger partial charge on any atom is 0.261 e. The summed E-state index contributed by atoms with van der Waals surface area (Å²) < 4.78 is 27.6. The van der Waals surface area contributed by atoms with Crippen LogP contribution in [-0.2, 0) is 23.0 Å². The zero-order chi connectivity index (χ0) is 19.6. The van der Waals surface area contributed by atoms with Gasteiger partial charge < -0.3 is 4.90 Å². The summed E-state index contributed by atoms with van der Waals surface area (Å²) in [5, 5.41) is 0. The van der Waals surface area contributed by atoms with Crippen molar-refractivity contribution in [2.45, 2.75) is 17.9 Å². The molecule has 5 nitrogen and oxygen atoms in total. The van der Waals surface area contributed by atoms with Gasteiger partial charge in [-0.2, -0.15) is 0 Å². The van der Waals surface area contributed by atoms with Crippen LogP contribution in [0.4, 0.5) is 5.69 Å². The average Bonchev–Trinajstić information content (AvgIpc) is 2.73. The molecule has 1 aliphatic rings.